The summed E-state index contributed by atoms with van der Waals surface area (Å²) >= 11 is 6.04. The van der Waals surface area contributed by atoms with Crippen LogP contribution in [0.4, 0.5) is 13.2 Å². The number of ether oxygens (including phenoxy) is 2. The summed E-state index contributed by atoms with van der Waals surface area (Å²) in [6.45, 7) is 1.87. The van der Waals surface area contributed by atoms with Crippen LogP contribution in [0.3, 0.4) is 0 Å². The first-order valence-corrected chi connectivity index (χ1v) is 7.19. The number of halogens is 4. The van der Waals surface area contributed by atoms with E-state index in [0.29, 0.717) is 25.6 Å². The molecule has 1 aliphatic heterocycles. The summed E-state index contributed by atoms with van der Waals surface area (Å²) < 4.78 is 45.4. The van der Waals surface area contributed by atoms with Crippen LogP contribution < -0.4 is 10.1 Å². The van der Waals surface area contributed by atoms with Gasteiger partial charge in [-0.3, -0.25) is 0 Å². The molecule has 1 fully saturated rings. The van der Waals surface area contributed by atoms with Crippen LogP contribution in [0.25, 0.3) is 0 Å². The second-order valence-electron chi connectivity index (χ2n) is 5.07. The zero-order valence-electron chi connectivity index (χ0n) is 11.4. The maximum absolute atomic E-state index is 12.1. The molecule has 21 heavy (non-hydrogen) atoms. The topological polar surface area (TPSA) is 30.5 Å². The predicted molar refractivity (Wildman–Crippen MR) is 73.5 cm³/mol. The molecule has 7 heteroatoms. The summed E-state index contributed by atoms with van der Waals surface area (Å²) in [7, 11) is 0. The predicted octanol–water partition coefficient (Wildman–Crippen LogP) is 3.46. The monoisotopic (exact) mass is 323 g/mol. The SMILES string of the molecule is FC(F)(F)Oc1ccc(CNC2(CCl)CCOCC2)cc1. The van der Waals surface area contributed by atoms with Crippen molar-refractivity contribution in [2.24, 2.45) is 0 Å². The second kappa shape index (κ2) is 6.85. The average molecular weight is 324 g/mol. The Hall–Kier alpha value is -0.980. The first kappa shape index (κ1) is 16.4. The van der Waals surface area contributed by atoms with Crippen molar-refractivity contribution in [3.05, 3.63) is 29.8 Å². The van der Waals surface area contributed by atoms with Crippen LogP contribution in [0.1, 0.15) is 18.4 Å². The van der Waals surface area contributed by atoms with Crippen molar-refractivity contribution in [2.45, 2.75) is 31.3 Å². The summed E-state index contributed by atoms with van der Waals surface area (Å²) in [6, 6.07) is 5.83. The highest BCUT2D eigenvalue weighted by Crippen LogP contribution is 2.25. The summed E-state index contributed by atoms with van der Waals surface area (Å²) in [6.07, 6.45) is -3.01. The lowest BCUT2D eigenvalue weighted by molar-refractivity contribution is -0.274. The zero-order valence-corrected chi connectivity index (χ0v) is 12.1. The molecule has 0 spiro atoms. The molecule has 1 aromatic carbocycles. The lowest BCUT2D eigenvalue weighted by atomic mass is 9.92. The van der Waals surface area contributed by atoms with E-state index in [-0.39, 0.29) is 11.3 Å². The second-order valence-corrected chi connectivity index (χ2v) is 5.34. The Balaban J connectivity index is 1.91. The van der Waals surface area contributed by atoms with E-state index >= 15 is 0 Å². The highest BCUT2D eigenvalue weighted by Gasteiger charge is 2.32. The number of nitrogens with one attached hydrogen (secondary N) is 1. The van der Waals surface area contributed by atoms with Gasteiger partial charge >= 0.3 is 6.36 Å². The van der Waals surface area contributed by atoms with E-state index in [0.717, 1.165) is 18.4 Å². The molecule has 1 heterocycles. The Bertz CT molecular complexity index is 445. The number of hydrogen-bond acceptors (Lipinski definition) is 3. The molecule has 1 aromatic rings. The van der Waals surface area contributed by atoms with E-state index in [9.17, 15) is 13.2 Å². The van der Waals surface area contributed by atoms with Gasteiger partial charge in [0, 0.05) is 31.2 Å². The maximum atomic E-state index is 12.1. The van der Waals surface area contributed by atoms with E-state index in [1.54, 1.807) is 12.1 Å². The Kier molecular flexibility index (Phi) is 5.35. The van der Waals surface area contributed by atoms with Gasteiger partial charge in [0.25, 0.3) is 0 Å². The van der Waals surface area contributed by atoms with Crippen LogP contribution >= 0.6 is 11.6 Å². The smallest absolute Gasteiger partial charge is 0.406 e. The molecule has 0 aromatic heterocycles. The average Bonchev–Trinajstić information content (AvgIpc) is 2.46. The molecule has 0 radical (unpaired) electrons. The van der Waals surface area contributed by atoms with Crippen molar-refractivity contribution in [1.82, 2.24) is 5.32 Å². The van der Waals surface area contributed by atoms with Crippen LogP contribution in [-0.4, -0.2) is 31.0 Å². The van der Waals surface area contributed by atoms with Crippen molar-refractivity contribution in [1.29, 1.82) is 0 Å². The molecular formula is C14H17ClF3NO2. The van der Waals surface area contributed by atoms with Crippen LogP contribution in [0.2, 0.25) is 0 Å². The Morgan fingerprint density at radius 3 is 2.33 bits per heavy atom. The van der Waals surface area contributed by atoms with Gasteiger partial charge in [0.15, 0.2) is 0 Å². The third-order valence-corrected chi connectivity index (χ3v) is 4.04. The summed E-state index contributed by atoms with van der Waals surface area (Å²) in [4.78, 5) is 0. The number of rotatable bonds is 5. The molecule has 1 saturated heterocycles. The van der Waals surface area contributed by atoms with Crippen LogP contribution in [0.15, 0.2) is 24.3 Å². The molecule has 2 rings (SSSR count). The fourth-order valence-corrected chi connectivity index (χ4v) is 2.58. The normalized spacial score (nSPS) is 18.5. The van der Waals surface area contributed by atoms with Gasteiger partial charge in [0.2, 0.25) is 0 Å². The van der Waals surface area contributed by atoms with Crippen molar-refractivity contribution in [2.75, 3.05) is 19.1 Å². The minimum absolute atomic E-state index is 0.166. The molecule has 118 valence electrons. The van der Waals surface area contributed by atoms with Gasteiger partial charge in [-0.1, -0.05) is 12.1 Å². The Morgan fingerprint density at radius 1 is 1.19 bits per heavy atom. The van der Waals surface area contributed by atoms with Gasteiger partial charge in [-0.25, -0.2) is 0 Å². The number of benzene rings is 1. The Morgan fingerprint density at radius 2 is 1.81 bits per heavy atom. The number of alkyl halides is 4. The summed E-state index contributed by atoms with van der Waals surface area (Å²) in [5.41, 5.74) is 0.710. The van der Waals surface area contributed by atoms with Crippen molar-refractivity contribution >= 4 is 11.6 Å². The molecule has 3 nitrogen and oxygen atoms in total. The van der Waals surface area contributed by atoms with Gasteiger partial charge in [0.1, 0.15) is 5.75 Å². The molecule has 0 amide bonds. The first-order chi connectivity index (χ1) is 9.92. The van der Waals surface area contributed by atoms with Crippen molar-refractivity contribution in [3.63, 3.8) is 0 Å². The largest absolute Gasteiger partial charge is 0.573 e. The van der Waals surface area contributed by atoms with Crippen LogP contribution in [0.5, 0.6) is 5.75 Å². The standard InChI is InChI=1S/C14H17ClF3NO2/c15-10-13(5-7-20-8-6-13)19-9-11-1-3-12(4-2-11)21-14(16,17)18/h1-4,19H,5-10H2. The highest BCUT2D eigenvalue weighted by atomic mass is 35.5. The van der Waals surface area contributed by atoms with Gasteiger partial charge < -0.3 is 14.8 Å². The van der Waals surface area contributed by atoms with E-state index in [1.807, 2.05) is 0 Å². The molecule has 0 unspecified atom stereocenters. The highest BCUT2D eigenvalue weighted by molar-refractivity contribution is 6.18. The van der Waals surface area contributed by atoms with E-state index in [2.05, 4.69) is 10.1 Å². The van der Waals surface area contributed by atoms with Gasteiger partial charge in [-0.2, -0.15) is 0 Å². The molecule has 1 N–H and O–H groups in total. The van der Waals surface area contributed by atoms with Crippen molar-refractivity contribution < 1.29 is 22.6 Å². The molecule has 0 aliphatic carbocycles. The molecule has 0 bridgehead atoms. The first-order valence-electron chi connectivity index (χ1n) is 6.66. The fraction of sp³-hybridized carbons (Fsp3) is 0.571. The van der Waals surface area contributed by atoms with Crippen LogP contribution in [0, 0.1) is 0 Å². The van der Waals surface area contributed by atoms with Crippen molar-refractivity contribution in [3.8, 4) is 5.75 Å². The van der Waals surface area contributed by atoms with Gasteiger partial charge in [-0.05, 0) is 30.5 Å². The minimum Gasteiger partial charge on any atom is -0.406 e. The molecule has 1 aliphatic rings. The minimum atomic E-state index is -4.66. The maximum Gasteiger partial charge on any atom is 0.573 e. The van der Waals surface area contributed by atoms with E-state index in [1.165, 1.54) is 12.1 Å². The lowest BCUT2D eigenvalue weighted by Crippen LogP contribution is -2.50. The Labute approximate surface area is 126 Å². The fourth-order valence-electron chi connectivity index (χ4n) is 2.22. The molecular weight excluding hydrogens is 307 g/mol. The summed E-state index contributed by atoms with van der Waals surface area (Å²) in [5.74, 6) is 0.260. The van der Waals surface area contributed by atoms with Gasteiger partial charge in [0.05, 0.1) is 0 Å². The van der Waals surface area contributed by atoms with Gasteiger partial charge in [-0.15, -0.1) is 24.8 Å². The number of hydrogen-bond donors (Lipinski definition) is 1. The van der Waals surface area contributed by atoms with Crippen LogP contribution in [-0.2, 0) is 11.3 Å². The lowest BCUT2D eigenvalue weighted by Gasteiger charge is -2.36. The third kappa shape index (κ3) is 5.05. The van der Waals surface area contributed by atoms with E-state index in [4.69, 9.17) is 16.3 Å². The zero-order chi connectivity index (χ0) is 15.3. The quantitative estimate of drug-likeness (QED) is 0.842. The van der Waals surface area contributed by atoms with E-state index < -0.39 is 6.36 Å². The third-order valence-electron chi connectivity index (χ3n) is 3.53. The molecule has 0 saturated carbocycles. The molecule has 0 atom stereocenters. The summed E-state index contributed by atoms with van der Waals surface area (Å²) in [5, 5.41) is 3.39.